The minimum Gasteiger partial charge on any atom is -0.496 e. The van der Waals surface area contributed by atoms with Crippen LogP contribution in [0.2, 0.25) is 0 Å². The Morgan fingerprint density at radius 2 is 2.13 bits per heavy atom. The Bertz CT molecular complexity index is 916. The zero-order valence-corrected chi connectivity index (χ0v) is 18.9. The largest absolute Gasteiger partial charge is 0.496 e. The van der Waals surface area contributed by atoms with Crippen LogP contribution in [0.4, 0.5) is 0 Å². The molecule has 2 aliphatic heterocycles. The van der Waals surface area contributed by atoms with Gasteiger partial charge in [-0.2, -0.15) is 0 Å². The number of hydrogen-bond donors (Lipinski definition) is 0. The molecule has 0 radical (unpaired) electrons. The minimum atomic E-state index is -0.671. The van der Waals surface area contributed by atoms with E-state index in [-0.39, 0.29) is 24.5 Å². The van der Waals surface area contributed by atoms with Crippen molar-refractivity contribution >= 4 is 33.4 Å². The van der Waals surface area contributed by atoms with Gasteiger partial charge in [-0.3, -0.25) is 14.6 Å². The lowest BCUT2D eigenvalue weighted by molar-refractivity contribution is -0.149. The molecule has 0 aromatic heterocycles. The lowest BCUT2D eigenvalue weighted by Gasteiger charge is -2.35. The molecule has 1 saturated heterocycles. The number of nitrogens with zero attached hydrogens (tertiary/aromatic N) is 1. The number of aliphatic imine (C=N–C) groups is 1. The first-order valence-electron chi connectivity index (χ1n) is 10.4. The van der Waals surface area contributed by atoms with E-state index >= 15 is 0 Å². The maximum Gasteiger partial charge on any atom is 0.315 e. The first-order valence-corrected chi connectivity index (χ1v) is 11.2. The molecule has 1 aromatic rings. The van der Waals surface area contributed by atoms with E-state index in [9.17, 15) is 9.59 Å². The van der Waals surface area contributed by atoms with Crippen LogP contribution >= 0.6 is 15.9 Å². The molecule has 0 bridgehead atoms. The minimum absolute atomic E-state index is 0.0523. The van der Waals surface area contributed by atoms with Gasteiger partial charge in [0.05, 0.1) is 13.2 Å². The Morgan fingerprint density at radius 1 is 1.30 bits per heavy atom. The number of rotatable bonds is 5. The van der Waals surface area contributed by atoms with Gasteiger partial charge in [-0.05, 0) is 50.8 Å². The second-order valence-corrected chi connectivity index (χ2v) is 8.91. The van der Waals surface area contributed by atoms with Crippen molar-refractivity contribution in [1.29, 1.82) is 0 Å². The molecule has 3 atom stereocenters. The van der Waals surface area contributed by atoms with Crippen LogP contribution in [0, 0.1) is 5.92 Å². The second-order valence-electron chi connectivity index (χ2n) is 8.00. The quantitative estimate of drug-likeness (QED) is 0.591. The average Bonchev–Trinajstić information content (AvgIpc) is 3.25. The third kappa shape index (κ3) is 4.10. The number of benzene rings is 1. The fraction of sp³-hybridized carbons (Fsp3) is 0.522. The van der Waals surface area contributed by atoms with Crippen LogP contribution < -0.4 is 4.74 Å². The molecule has 0 saturated carbocycles. The lowest BCUT2D eigenvalue weighted by Crippen LogP contribution is -2.38. The lowest BCUT2D eigenvalue weighted by atomic mass is 9.71. The third-order valence-electron chi connectivity index (χ3n) is 6.05. The Kier molecular flexibility index (Phi) is 6.39. The molecule has 0 N–H and O–H groups in total. The maximum absolute atomic E-state index is 13.3. The van der Waals surface area contributed by atoms with Crippen molar-refractivity contribution in [2.24, 2.45) is 10.9 Å². The number of carbonyl (C=O) groups is 2. The number of allylic oxidation sites excluding steroid dienone is 2. The van der Waals surface area contributed by atoms with E-state index in [0.717, 1.165) is 41.4 Å². The first kappa shape index (κ1) is 21.2. The van der Waals surface area contributed by atoms with E-state index < -0.39 is 11.8 Å². The number of Topliss-reactive ketones (excluding diaryl/α,β-unsaturated/α-hetero) is 1. The summed E-state index contributed by atoms with van der Waals surface area (Å²) in [5.74, 6) is -0.828. The summed E-state index contributed by atoms with van der Waals surface area (Å²) < 4.78 is 17.7. The van der Waals surface area contributed by atoms with Gasteiger partial charge >= 0.3 is 5.97 Å². The molecule has 1 aliphatic carbocycles. The van der Waals surface area contributed by atoms with Gasteiger partial charge in [0.2, 0.25) is 0 Å². The van der Waals surface area contributed by atoms with Crippen molar-refractivity contribution in [3.8, 4) is 5.75 Å². The molecular weight excluding hydrogens is 450 g/mol. The summed E-state index contributed by atoms with van der Waals surface area (Å²) in [5, 5.41) is 0. The number of esters is 1. The van der Waals surface area contributed by atoms with Gasteiger partial charge in [0.1, 0.15) is 18.3 Å². The molecule has 1 unspecified atom stereocenters. The molecule has 0 spiro atoms. The molecular formula is C23H26BrNO5. The molecule has 160 valence electrons. The van der Waals surface area contributed by atoms with Gasteiger partial charge < -0.3 is 14.2 Å². The van der Waals surface area contributed by atoms with Crippen LogP contribution in [0.15, 0.2) is 38.9 Å². The summed E-state index contributed by atoms with van der Waals surface area (Å²) in [6.07, 6.45) is 3.81. The SMILES string of the molecule is COc1ccc(Br)cc1[C@@H]1C2=C(CCCC2=O)N=C(C)C1C(=O)OC[C@H]1CCCO1. The molecule has 1 fully saturated rings. The fourth-order valence-electron chi connectivity index (χ4n) is 4.64. The average molecular weight is 476 g/mol. The van der Waals surface area contributed by atoms with Gasteiger partial charge in [-0.15, -0.1) is 0 Å². The molecule has 6 nitrogen and oxygen atoms in total. The topological polar surface area (TPSA) is 74.2 Å². The Morgan fingerprint density at radius 3 is 2.87 bits per heavy atom. The second kappa shape index (κ2) is 9.02. The summed E-state index contributed by atoms with van der Waals surface area (Å²) in [5.41, 5.74) is 2.89. The van der Waals surface area contributed by atoms with Crippen molar-refractivity contribution in [3.05, 3.63) is 39.5 Å². The van der Waals surface area contributed by atoms with Gasteiger partial charge in [-0.1, -0.05) is 15.9 Å². The van der Waals surface area contributed by atoms with Crippen LogP contribution in [-0.4, -0.2) is 43.9 Å². The zero-order chi connectivity index (χ0) is 21.3. The number of methoxy groups -OCH3 is 1. The summed E-state index contributed by atoms with van der Waals surface area (Å²) in [4.78, 5) is 30.9. The van der Waals surface area contributed by atoms with E-state index in [4.69, 9.17) is 14.2 Å². The fourth-order valence-corrected chi connectivity index (χ4v) is 5.02. The van der Waals surface area contributed by atoms with Crippen LogP contribution in [-0.2, 0) is 19.1 Å². The van der Waals surface area contributed by atoms with Crippen molar-refractivity contribution in [1.82, 2.24) is 0 Å². The van der Waals surface area contributed by atoms with Crippen LogP contribution in [0.25, 0.3) is 0 Å². The molecule has 7 heteroatoms. The molecule has 4 rings (SSSR count). The number of ketones is 1. The third-order valence-corrected chi connectivity index (χ3v) is 6.54. The summed E-state index contributed by atoms with van der Waals surface area (Å²) >= 11 is 3.52. The van der Waals surface area contributed by atoms with E-state index in [1.807, 2.05) is 25.1 Å². The highest BCUT2D eigenvalue weighted by Gasteiger charge is 2.44. The predicted molar refractivity (Wildman–Crippen MR) is 116 cm³/mol. The number of carbonyl (C=O) groups excluding carboxylic acids is 2. The van der Waals surface area contributed by atoms with E-state index in [2.05, 4.69) is 20.9 Å². The summed E-state index contributed by atoms with van der Waals surface area (Å²) in [7, 11) is 1.60. The molecule has 3 aliphatic rings. The number of ether oxygens (including phenoxy) is 3. The van der Waals surface area contributed by atoms with Crippen LogP contribution in [0.3, 0.4) is 0 Å². The van der Waals surface area contributed by atoms with Gasteiger partial charge in [0.25, 0.3) is 0 Å². The molecule has 0 amide bonds. The number of hydrogen-bond acceptors (Lipinski definition) is 6. The monoisotopic (exact) mass is 475 g/mol. The summed E-state index contributed by atoms with van der Waals surface area (Å²) in [6, 6.07) is 5.66. The van der Waals surface area contributed by atoms with Crippen molar-refractivity contribution in [3.63, 3.8) is 0 Å². The number of halogens is 1. The highest BCUT2D eigenvalue weighted by atomic mass is 79.9. The van der Waals surface area contributed by atoms with Crippen molar-refractivity contribution in [2.75, 3.05) is 20.3 Å². The Balaban J connectivity index is 1.74. The van der Waals surface area contributed by atoms with Crippen molar-refractivity contribution < 1.29 is 23.8 Å². The molecule has 2 heterocycles. The normalized spacial score (nSPS) is 26.3. The molecule has 1 aromatic carbocycles. The first-order chi connectivity index (χ1) is 14.5. The zero-order valence-electron chi connectivity index (χ0n) is 17.3. The maximum atomic E-state index is 13.3. The standard InChI is InChI=1S/C23H26BrNO5/c1-13-20(23(27)30-12-15-5-4-10-29-15)21(16-11-14(24)8-9-19(16)28-2)22-17(25-13)6-3-7-18(22)26/h8-9,11,15,20-21H,3-7,10,12H2,1-2H3/t15-,20?,21+/m1/s1. The Hall–Kier alpha value is -1.99. The highest BCUT2D eigenvalue weighted by molar-refractivity contribution is 9.10. The highest BCUT2D eigenvalue weighted by Crippen LogP contribution is 2.46. The Labute approximate surface area is 184 Å². The van der Waals surface area contributed by atoms with E-state index in [1.165, 1.54) is 0 Å². The van der Waals surface area contributed by atoms with Gasteiger partial charge in [0.15, 0.2) is 5.78 Å². The predicted octanol–water partition coefficient (Wildman–Crippen LogP) is 4.36. The summed E-state index contributed by atoms with van der Waals surface area (Å²) in [6.45, 7) is 2.78. The van der Waals surface area contributed by atoms with Gasteiger partial charge in [0, 0.05) is 46.0 Å². The van der Waals surface area contributed by atoms with E-state index in [0.29, 0.717) is 30.1 Å². The van der Waals surface area contributed by atoms with Crippen molar-refractivity contribution in [2.45, 2.75) is 51.0 Å². The smallest absolute Gasteiger partial charge is 0.315 e. The van der Waals surface area contributed by atoms with Crippen LogP contribution in [0.1, 0.15) is 50.5 Å². The molecule has 30 heavy (non-hydrogen) atoms. The van der Waals surface area contributed by atoms with Gasteiger partial charge in [-0.25, -0.2) is 0 Å². The van der Waals surface area contributed by atoms with Crippen LogP contribution in [0.5, 0.6) is 5.75 Å². The van der Waals surface area contributed by atoms with E-state index in [1.54, 1.807) is 7.11 Å².